The van der Waals surface area contributed by atoms with Crippen molar-refractivity contribution in [3.63, 3.8) is 0 Å². The van der Waals surface area contributed by atoms with Crippen molar-refractivity contribution in [1.29, 1.82) is 0 Å². The van der Waals surface area contributed by atoms with E-state index in [2.05, 4.69) is 65.0 Å². The molecule has 2 heterocycles. The predicted molar refractivity (Wildman–Crippen MR) is 100 cm³/mol. The van der Waals surface area contributed by atoms with Crippen molar-refractivity contribution in [2.75, 3.05) is 11.9 Å². The van der Waals surface area contributed by atoms with Crippen molar-refractivity contribution >= 4 is 75.8 Å². The maximum absolute atomic E-state index is 4.71. The van der Waals surface area contributed by atoms with E-state index in [-0.39, 0.29) is 0 Å². The third kappa shape index (κ3) is 3.16. The second-order valence-corrected chi connectivity index (χ2v) is 8.41. The second kappa shape index (κ2) is 6.32. The average Bonchev–Trinajstić information content (AvgIpc) is 2.86. The highest BCUT2D eigenvalue weighted by Crippen LogP contribution is 2.34. The number of anilines is 1. The van der Waals surface area contributed by atoms with Crippen LogP contribution in [-0.2, 0) is 0 Å². The van der Waals surface area contributed by atoms with Gasteiger partial charge in [-0.1, -0.05) is 15.9 Å². The average molecular weight is 492 g/mol. The first-order chi connectivity index (χ1) is 10.1. The van der Waals surface area contributed by atoms with Gasteiger partial charge in [0.2, 0.25) is 0 Å². The number of aromatic nitrogens is 2. The SMILES string of the molecule is CCNc1nc(-c2csc(Br)c2)nc2c(Br)cc(Br)cc12. The van der Waals surface area contributed by atoms with E-state index in [1.807, 2.05) is 23.6 Å². The van der Waals surface area contributed by atoms with Crippen molar-refractivity contribution in [3.05, 3.63) is 36.3 Å². The van der Waals surface area contributed by atoms with Crippen molar-refractivity contribution in [1.82, 2.24) is 9.97 Å². The normalized spacial score (nSPS) is 11.0. The van der Waals surface area contributed by atoms with Crippen molar-refractivity contribution in [2.45, 2.75) is 6.92 Å². The highest BCUT2D eigenvalue weighted by Gasteiger charge is 2.13. The van der Waals surface area contributed by atoms with Gasteiger partial charge in [-0.2, -0.15) is 0 Å². The number of hydrogen-bond donors (Lipinski definition) is 1. The third-order valence-corrected chi connectivity index (χ3v) is 5.46. The summed E-state index contributed by atoms with van der Waals surface area (Å²) >= 11 is 12.2. The molecule has 21 heavy (non-hydrogen) atoms. The monoisotopic (exact) mass is 489 g/mol. The molecular formula is C14H10Br3N3S. The quantitative estimate of drug-likeness (QED) is 0.482. The second-order valence-electron chi connectivity index (χ2n) is 4.35. The molecule has 0 amide bonds. The van der Waals surface area contributed by atoms with Crippen molar-refractivity contribution < 1.29 is 0 Å². The number of nitrogens with zero attached hydrogens (tertiary/aromatic N) is 2. The molecule has 108 valence electrons. The van der Waals surface area contributed by atoms with Gasteiger partial charge in [-0.25, -0.2) is 9.97 Å². The number of nitrogens with one attached hydrogen (secondary N) is 1. The van der Waals surface area contributed by atoms with Crippen LogP contribution in [0.25, 0.3) is 22.3 Å². The molecule has 3 nitrogen and oxygen atoms in total. The molecule has 0 spiro atoms. The summed E-state index contributed by atoms with van der Waals surface area (Å²) in [6.45, 7) is 2.87. The Hall–Kier alpha value is -0.500. The Morgan fingerprint density at radius 2 is 1.95 bits per heavy atom. The molecule has 0 radical (unpaired) electrons. The molecule has 1 N–H and O–H groups in total. The minimum atomic E-state index is 0.725. The van der Waals surface area contributed by atoms with E-state index in [1.54, 1.807) is 11.3 Å². The molecule has 7 heteroatoms. The zero-order valence-electron chi connectivity index (χ0n) is 11.0. The van der Waals surface area contributed by atoms with E-state index in [9.17, 15) is 0 Å². The van der Waals surface area contributed by atoms with Gasteiger partial charge in [-0.05, 0) is 57.0 Å². The van der Waals surface area contributed by atoms with E-state index >= 15 is 0 Å². The number of thiophene rings is 1. The maximum Gasteiger partial charge on any atom is 0.163 e. The lowest BCUT2D eigenvalue weighted by molar-refractivity contribution is 1.14. The zero-order chi connectivity index (χ0) is 15.0. The van der Waals surface area contributed by atoms with Crippen LogP contribution in [0.3, 0.4) is 0 Å². The van der Waals surface area contributed by atoms with Crippen LogP contribution in [0.1, 0.15) is 6.92 Å². The number of hydrogen-bond acceptors (Lipinski definition) is 4. The molecule has 0 unspecified atom stereocenters. The van der Waals surface area contributed by atoms with Crippen LogP contribution in [-0.4, -0.2) is 16.5 Å². The molecule has 0 bridgehead atoms. The van der Waals surface area contributed by atoms with Gasteiger partial charge in [-0.15, -0.1) is 11.3 Å². The predicted octanol–water partition coefficient (Wildman–Crippen LogP) is 6.08. The van der Waals surface area contributed by atoms with Gasteiger partial charge < -0.3 is 5.32 Å². The molecule has 0 aliphatic carbocycles. The van der Waals surface area contributed by atoms with Gasteiger partial charge >= 0.3 is 0 Å². The van der Waals surface area contributed by atoms with Crippen LogP contribution < -0.4 is 5.32 Å². The summed E-state index contributed by atoms with van der Waals surface area (Å²) < 4.78 is 3.01. The fourth-order valence-electron chi connectivity index (χ4n) is 2.02. The molecule has 1 aromatic carbocycles. The lowest BCUT2D eigenvalue weighted by Gasteiger charge is -2.10. The van der Waals surface area contributed by atoms with Crippen LogP contribution in [0.15, 0.2) is 36.3 Å². The molecular weight excluding hydrogens is 482 g/mol. The standard InChI is InChI=1S/C14H10Br3N3S/c1-2-18-14-9-4-8(15)5-10(16)12(9)19-13(20-14)7-3-11(17)21-6-7/h3-6H,2H2,1H3,(H,18,19,20). The Bertz CT molecular complexity index is 817. The van der Waals surface area contributed by atoms with E-state index in [0.717, 1.165) is 47.4 Å². The van der Waals surface area contributed by atoms with Crippen molar-refractivity contribution in [2.24, 2.45) is 0 Å². The topological polar surface area (TPSA) is 37.8 Å². The largest absolute Gasteiger partial charge is 0.370 e. The lowest BCUT2D eigenvalue weighted by Crippen LogP contribution is -2.03. The number of rotatable bonds is 3. The van der Waals surface area contributed by atoms with Gasteiger partial charge in [0.05, 0.1) is 9.30 Å². The zero-order valence-corrected chi connectivity index (χ0v) is 16.5. The van der Waals surface area contributed by atoms with Gasteiger partial charge in [0.25, 0.3) is 0 Å². The number of benzene rings is 1. The molecule has 0 aliphatic rings. The number of halogens is 3. The highest BCUT2D eigenvalue weighted by atomic mass is 79.9. The van der Waals surface area contributed by atoms with Gasteiger partial charge in [0.1, 0.15) is 5.82 Å². The Morgan fingerprint density at radius 3 is 2.62 bits per heavy atom. The minimum Gasteiger partial charge on any atom is -0.370 e. The third-order valence-electron chi connectivity index (χ3n) is 2.89. The molecule has 0 saturated heterocycles. The summed E-state index contributed by atoms with van der Waals surface area (Å²) in [5.41, 5.74) is 1.92. The highest BCUT2D eigenvalue weighted by molar-refractivity contribution is 9.11. The van der Waals surface area contributed by atoms with Gasteiger partial charge in [-0.3, -0.25) is 0 Å². The molecule has 2 aromatic heterocycles. The summed E-state index contributed by atoms with van der Waals surface area (Å²) in [6, 6.07) is 6.07. The van der Waals surface area contributed by atoms with Crippen LogP contribution in [0.4, 0.5) is 5.82 Å². The van der Waals surface area contributed by atoms with Gasteiger partial charge in [0, 0.05) is 31.8 Å². The first-order valence-electron chi connectivity index (χ1n) is 6.23. The fraction of sp³-hybridized carbons (Fsp3) is 0.143. The van der Waals surface area contributed by atoms with E-state index < -0.39 is 0 Å². The summed E-state index contributed by atoms with van der Waals surface area (Å²) in [6.07, 6.45) is 0. The smallest absolute Gasteiger partial charge is 0.163 e. The van der Waals surface area contributed by atoms with Crippen LogP contribution in [0, 0.1) is 0 Å². The molecule has 0 aliphatic heterocycles. The molecule has 0 fully saturated rings. The first-order valence-corrected chi connectivity index (χ1v) is 9.49. The van der Waals surface area contributed by atoms with Crippen molar-refractivity contribution in [3.8, 4) is 11.4 Å². The van der Waals surface area contributed by atoms with E-state index in [1.165, 1.54) is 0 Å². The Kier molecular flexibility index (Phi) is 4.63. The van der Waals surface area contributed by atoms with E-state index in [4.69, 9.17) is 4.98 Å². The van der Waals surface area contributed by atoms with Gasteiger partial charge in [0.15, 0.2) is 5.82 Å². The summed E-state index contributed by atoms with van der Waals surface area (Å²) in [5.74, 6) is 1.57. The lowest BCUT2D eigenvalue weighted by atomic mass is 10.2. The van der Waals surface area contributed by atoms with Crippen LogP contribution >= 0.6 is 59.1 Å². The fourth-order valence-corrected chi connectivity index (χ4v) is 4.46. The molecule has 3 aromatic rings. The summed E-state index contributed by atoms with van der Waals surface area (Å²) in [5, 5.41) is 6.37. The molecule has 3 rings (SSSR count). The summed E-state index contributed by atoms with van der Waals surface area (Å²) in [7, 11) is 0. The minimum absolute atomic E-state index is 0.725. The maximum atomic E-state index is 4.71. The Labute approximate surface area is 151 Å². The molecule has 0 saturated carbocycles. The molecule has 0 atom stereocenters. The van der Waals surface area contributed by atoms with E-state index in [0.29, 0.717) is 0 Å². The van der Waals surface area contributed by atoms with Crippen LogP contribution in [0.2, 0.25) is 0 Å². The Morgan fingerprint density at radius 1 is 1.14 bits per heavy atom. The summed E-state index contributed by atoms with van der Waals surface area (Å²) in [4.78, 5) is 9.39. The first kappa shape index (κ1) is 15.4. The Balaban J connectivity index is 2.28. The van der Waals surface area contributed by atoms with Crippen LogP contribution in [0.5, 0.6) is 0 Å². The number of fused-ring (bicyclic) bond motifs is 1.